The van der Waals surface area contributed by atoms with Gasteiger partial charge in [0.1, 0.15) is 0 Å². The summed E-state index contributed by atoms with van der Waals surface area (Å²) in [6, 6.07) is 9.41. The van der Waals surface area contributed by atoms with Crippen LogP contribution in [0.2, 0.25) is 0 Å². The second kappa shape index (κ2) is 5.46. The van der Waals surface area contributed by atoms with E-state index in [2.05, 4.69) is 22.0 Å². The molecule has 0 spiro atoms. The molecule has 0 aliphatic rings. The van der Waals surface area contributed by atoms with Crippen molar-refractivity contribution in [3.05, 3.63) is 35.4 Å². The highest BCUT2D eigenvalue weighted by atomic mass is 79.9. The normalized spacial score (nSPS) is 12.9. The van der Waals surface area contributed by atoms with Crippen LogP contribution in [0.4, 0.5) is 0 Å². The summed E-state index contributed by atoms with van der Waals surface area (Å²) in [7, 11) is 0. The van der Waals surface area contributed by atoms with Gasteiger partial charge in [0.25, 0.3) is 0 Å². The summed E-state index contributed by atoms with van der Waals surface area (Å²) in [6.07, 6.45) is 0.655. The first-order valence-electron chi connectivity index (χ1n) is 5.52. The van der Waals surface area contributed by atoms with Crippen molar-refractivity contribution in [1.82, 2.24) is 0 Å². The van der Waals surface area contributed by atoms with Gasteiger partial charge >= 0.3 is 0 Å². The maximum atomic E-state index is 12.0. The SMILES string of the molecule is CC(C)(C)C(=O)C(Br)Cc1ccc(C#N)cc1. The average molecular weight is 294 g/mol. The van der Waals surface area contributed by atoms with Crippen LogP contribution in [0.3, 0.4) is 0 Å². The molecule has 1 unspecified atom stereocenters. The molecule has 0 heterocycles. The Bertz CT molecular complexity index is 437. The van der Waals surface area contributed by atoms with Crippen molar-refractivity contribution in [3.8, 4) is 6.07 Å². The highest BCUT2D eigenvalue weighted by molar-refractivity contribution is 9.10. The number of alkyl halides is 1. The molecule has 1 aromatic carbocycles. The van der Waals surface area contributed by atoms with E-state index in [0.29, 0.717) is 12.0 Å². The third-order valence-corrected chi connectivity index (χ3v) is 3.26. The van der Waals surface area contributed by atoms with Crippen LogP contribution in [0, 0.1) is 16.7 Å². The number of carbonyl (C=O) groups excluding carboxylic acids is 1. The van der Waals surface area contributed by atoms with Crippen molar-refractivity contribution in [2.45, 2.75) is 32.0 Å². The van der Waals surface area contributed by atoms with Gasteiger partial charge < -0.3 is 0 Å². The van der Waals surface area contributed by atoms with E-state index in [1.165, 1.54) is 0 Å². The minimum atomic E-state index is -0.333. The fraction of sp³-hybridized carbons (Fsp3) is 0.429. The Morgan fingerprint density at radius 1 is 1.35 bits per heavy atom. The van der Waals surface area contributed by atoms with Gasteiger partial charge in [-0.25, -0.2) is 0 Å². The van der Waals surface area contributed by atoms with E-state index >= 15 is 0 Å². The van der Waals surface area contributed by atoms with Crippen molar-refractivity contribution in [2.24, 2.45) is 5.41 Å². The maximum absolute atomic E-state index is 12.0. The molecule has 0 saturated carbocycles. The van der Waals surface area contributed by atoms with E-state index in [0.717, 1.165) is 5.56 Å². The first-order chi connectivity index (χ1) is 7.84. The van der Waals surface area contributed by atoms with Crippen LogP contribution in [-0.4, -0.2) is 10.6 Å². The van der Waals surface area contributed by atoms with Crippen molar-refractivity contribution in [1.29, 1.82) is 5.26 Å². The molecule has 0 aromatic heterocycles. The van der Waals surface area contributed by atoms with Gasteiger partial charge in [-0.1, -0.05) is 48.8 Å². The lowest BCUT2D eigenvalue weighted by Gasteiger charge is -2.20. The molecule has 0 bridgehead atoms. The van der Waals surface area contributed by atoms with Gasteiger partial charge in [0.15, 0.2) is 5.78 Å². The first kappa shape index (κ1) is 13.9. The third kappa shape index (κ3) is 3.98. The minimum absolute atomic E-state index is 0.171. The summed E-state index contributed by atoms with van der Waals surface area (Å²) in [4.78, 5) is 11.8. The van der Waals surface area contributed by atoms with Crippen molar-refractivity contribution in [2.75, 3.05) is 0 Å². The predicted octanol–water partition coefficient (Wildman–Crippen LogP) is 3.48. The number of hydrogen-bond acceptors (Lipinski definition) is 2. The maximum Gasteiger partial charge on any atom is 0.152 e. The quantitative estimate of drug-likeness (QED) is 0.801. The summed E-state index contributed by atoms with van der Waals surface area (Å²) in [6.45, 7) is 5.76. The average Bonchev–Trinajstić information content (AvgIpc) is 2.27. The van der Waals surface area contributed by atoms with Gasteiger partial charge in [-0.05, 0) is 24.1 Å². The lowest BCUT2D eigenvalue weighted by Crippen LogP contribution is -2.29. The van der Waals surface area contributed by atoms with Gasteiger partial charge in [-0.15, -0.1) is 0 Å². The Labute approximate surface area is 111 Å². The van der Waals surface area contributed by atoms with E-state index < -0.39 is 0 Å². The number of ketones is 1. The zero-order chi connectivity index (χ0) is 13.1. The predicted molar refractivity (Wildman–Crippen MR) is 72.0 cm³/mol. The van der Waals surface area contributed by atoms with E-state index in [9.17, 15) is 4.79 Å². The highest BCUT2D eigenvalue weighted by Crippen LogP contribution is 2.23. The fourth-order valence-corrected chi connectivity index (χ4v) is 2.55. The van der Waals surface area contributed by atoms with Gasteiger partial charge in [0.05, 0.1) is 16.5 Å². The molecule has 0 aliphatic carbocycles. The lowest BCUT2D eigenvalue weighted by atomic mass is 9.87. The first-order valence-corrected chi connectivity index (χ1v) is 6.43. The van der Waals surface area contributed by atoms with Crippen LogP contribution < -0.4 is 0 Å². The lowest BCUT2D eigenvalue weighted by molar-refractivity contribution is -0.125. The van der Waals surface area contributed by atoms with Crippen molar-refractivity contribution >= 4 is 21.7 Å². The van der Waals surface area contributed by atoms with Crippen LogP contribution >= 0.6 is 15.9 Å². The summed E-state index contributed by atoms with van der Waals surface area (Å²) in [5.41, 5.74) is 1.37. The summed E-state index contributed by atoms with van der Waals surface area (Å²) < 4.78 is 0. The van der Waals surface area contributed by atoms with E-state index in [1.807, 2.05) is 32.9 Å². The number of benzene rings is 1. The molecule has 0 N–H and O–H groups in total. The number of hydrogen-bond donors (Lipinski definition) is 0. The molecular weight excluding hydrogens is 278 g/mol. The van der Waals surface area contributed by atoms with E-state index in [4.69, 9.17) is 5.26 Å². The molecule has 1 rings (SSSR count). The number of nitrogens with zero attached hydrogens (tertiary/aromatic N) is 1. The molecule has 0 amide bonds. The zero-order valence-corrected chi connectivity index (χ0v) is 11.9. The monoisotopic (exact) mass is 293 g/mol. The van der Waals surface area contributed by atoms with Crippen molar-refractivity contribution in [3.63, 3.8) is 0 Å². The molecule has 2 nitrogen and oxygen atoms in total. The second-order valence-electron chi connectivity index (χ2n) is 5.09. The van der Waals surface area contributed by atoms with Crippen LogP contribution in [0.1, 0.15) is 31.9 Å². The molecule has 1 aromatic rings. The third-order valence-electron chi connectivity index (χ3n) is 2.52. The number of Topliss-reactive ketones (excluding diaryl/α,β-unsaturated/α-hetero) is 1. The number of nitriles is 1. The van der Waals surface area contributed by atoms with Gasteiger partial charge in [-0.3, -0.25) is 4.79 Å². The molecule has 0 fully saturated rings. The van der Waals surface area contributed by atoms with Gasteiger partial charge in [-0.2, -0.15) is 5.26 Å². The van der Waals surface area contributed by atoms with Crippen LogP contribution in [0.5, 0.6) is 0 Å². The smallest absolute Gasteiger partial charge is 0.152 e. The summed E-state index contributed by atoms with van der Waals surface area (Å²) >= 11 is 3.44. The Morgan fingerprint density at radius 2 is 1.88 bits per heavy atom. The van der Waals surface area contributed by atoms with Gasteiger partial charge in [0, 0.05) is 5.41 Å². The second-order valence-corrected chi connectivity index (χ2v) is 6.20. The highest BCUT2D eigenvalue weighted by Gasteiger charge is 2.27. The Kier molecular flexibility index (Phi) is 4.47. The topological polar surface area (TPSA) is 40.9 Å². The number of halogens is 1. The minimum Gasteiger partial charge on any atom is -0.298 e. The largest absolute Gasteiger partial charge is 0.298 e. The molecule has 0 saturated heterocycles. The molecular formula is C14H16BrNO. The zero-order valence-electron chi connectivity index (χ0n) is 10.3. The molecule has 17 heavy (non-hydrogen) atoms. The van der Waals surface area contributed by atoms with Crippen LogP contribution in [0.25, 0.3) is 0 Å². The van der Waals surface area contributed by atoms with Crippen molar-refractivity contribution < 1.29 is 4.79 Å². The van der Waals surface area contributed by atoms with E-state index in [1.54, 1.807) is 12.1 Å². The standard InChI is InChI=1S/C14H16BrNO/c1-14(2,3)13(17)12(15)8-10-4-6-11(9-16)7-5-10/h4-7,12H,8H2,1-3H3. The van der Waals surface area contributed by atoms with Crippen LogP contribution in [0.15, 0.2) is 24.3 Å². The summed E-state index contributed by atoms with van der Waals surface area (Å²) in [5, 5.41) is 8.69. The Morgan fingerprint density at radius 3 is 2.29 bits per heavy atom. The molecule has 90 valence electrons. The number of rotatable bonds is 3. The molecule has 3 heteroatoms. The summed E-state index contributed by atoms with van der Waals surface area (Å²) in [5.74, 6) is 0.196. The molecule has 0 radical (unpaired) electrons. The van der Waals surface area contributed by atoms with Crippen LogP contribution in [-0.2, 0) is 11.2 Å². The molecule has 0 aliphatic heterocycles. The fourth-order valence-electron chi connectivity index (χ4n) is 1.48. The van der Waals surface area contributed by atoms with E-state index in [-0.39, 0.29) is 16.0 Å². The Balaban J connectivity index is 2.72. The Hall–Kier alpha value is -1.14. The number of carbonyl (C=O) groups is 1. The van der Waals surface area contributed by atoms with Gasteiger partial charge in [0.2, 0.25) is 0 Å². The molecule has 1 atom stereocenters.